The lowest BCUT2D eigenvalue weighted by Crippen LogP contribution is -2.37. The standard InChI is InChI=1S/C20H23F3N4O2/c1-4-24-18-12-14(19(28)27-25-5-2)6-11-17(18)13(3)26-15-7-9-16(10-8-15)29-20(21,22)23/h6-12,24-25H,4-5H2,1-3H3,(H,27,28). The highest BCUT2D eigenvalue weighted by molar-refractivity contribution is 6.06. The maximum Gasteiger partial charge on any atom is 0.573 e. The number of aliphatic imine (C=N–C) groups is 1. The van der Waals surface area contributed by atoms with E-state index in [2.05, 4.69) is 25.9 Å². The molecular formula is C20H23F3N4O2. The monoisotopic (exact) mass is 408 g/mol. The Morgan fingerprint density at radius 1 is 1.07 bits per heavy atom. The Hall–Kier alpha value is -3.07. The Kier molecular flexibility index (Phi) is 7.60. The summed E-state index contributed by atoms with van der Waals surface area (Å²) in [7, 11) is 0. The van der Waals surface area contributed by atoms with Crippen molar-refractivity contribution in [2.75, 3.05) is 18.4 Å². The summed E-state index contributed by atoms with van der Waals surface area (Å²) in [6.45, 7) is 6.83. The predicted octanol–water partition coefficient (Wildman–Crippen LogP) is 4.41. The number of ether oxygens (including phenoxy) is 1. The molecule has 0 heterocycles. The zero-order valence-electron chi connectivity index (χ0n) is 16.4. The van der Waals surface area contributed by atoms with Gasteiger partial charge in [-0.15, -0.1) is 13.2 Å². The van der Waals surface area contributed by atoms with E-state index in [1.807, 2.05) is 13.8 Å². The van der Waals surface area contributed by atoms with Crippen molar-refractivity contribution in [1.82, 2.24) is 10.9 Å². The fourth-order valence-corrected chi connectivity index (χ4v) is 2.55. The molecule has 1 amide bonds. The smallest absolute Gasteiger partial charge is 0.406 e. The fourth-order valence-electron chi connectivity index (χ4n) is 2.55. The van der Waals surface area contributed by atoms with Gasteiger partial charge in [-0.2, -0.15) is 0 Å². The normalized spacial score (nSPS) is 11.9. The van der Waals surface area contributed by atoms with Crippen molar-refractivity contribution in [3.8, 4) is 5.75 Å². The Morgan fingerprint density at radius 2 is 1.76 bits per heavy atom. The maximum absolute atomic E-state index is 12.3. The van der Waals surface area contributed by atoms with Crippen molar-refractivity contribution in [2.45, 2.75) is 27.1 Å². The minimum absolute atomic E-state index is 0.257. The molecule has 9 heteroatoms. The van der Waals surface area contributed by atoms with Crippen LogP contribution < -0.4 is 20.9 Å². The molecule has 0 radical (unpaired) electrons. The largest absolute Gasteiger partial charge is 0.573 e. The molecule has 29 heavy (non-hydrogen) atoms. The number of rotatable bonds is 8. The molecule has 2 aromatic rings. The van der Waals surface area contributed by atoms with Gasteiger partial charge in [-0.3, -0.25) is 15.2 Å². The highest BCUT2D eigenvalue weighted by atomic mass is 19.4. The van der Waals surface area contributed by atoms with Crippen molar-refractivity contribution in [1.29, 1.82) is 0 Å². The number of halogens is 3. The van der Waals surface area contributed by atoms with Crippen molar-refractivity contribution in [3.05, 3.63) is 53.6 Å². The SMILES string of the molecule is CCNNC(=O)c1ccc(C(C)=Nc2ccc(OC(F)(F)F)cc2)c(NCC)c1. The molecule has 0 fully saturated rings. The van der Waals surface area contributed by atoms with E-state index < -0.39 is 6.36 Å². The number of hydrogen-bond donors (Lipinski definition) is 3. The molecule has 0 spiro atoms. The van der Waals surface area contributed by atoms with E-state index in [4.69, 9.17) is 0 Å². The van der Waals surface area contributed by atoms with Crippen LogP contribution in [0.2, 0.25) is 0 Å². The number of nitrogens with zero attached hydrogens (tertiary/aromatic N) is 1. The van der Waals surface area contributed by atoms with Crippen LogP contribution in [0.3, 0.4) is 0 Å². The van der Waals surface area contributed by atoms with Gasteiger partial charge in [0.15, 0.2) is 0 Å². The van der Waals surface area contributed by atoms with E-state index >= 15 is 0 Å². The molecule has 0 aromatic heterocycles. The first-order chi connectivity index (χ1) is 13.7. The second kappa shape index (κ2) is 9.92. The van der Waals surface area contributed by atoms with Crippen molar-refractivity contribution in [3.63, 3.8) is 0 Å². The van der Waals surface area contributed by atoms with Gasteiger partial charge in [0.25, 0.3) is 5.91 Å². The summed E-state index contributed by atoms with van der Waals surface area (Å²) >= 11 is 0. The molecular weight excluding hydrogens is 385 g/mol. The van der Waals surface area contributed by atoms with E-state index in [-0.39, 0.29) is 11.7 Å². The molecule has 0 unspecified atom stereocenters. The number of hydrazine groups is 1. The molecule has 0 atom stereocenters. The van der Waals surface area contributed by atoms with E-state index in [0.717, 1.165) is 11.3 Å². The molecule has 2 aromatic carbocycles. The number of hydrogen-bond acceptors (Lipinski definition) is 5. The number of carbonyl (C=O) groups excluding carboxylic acids is 1. The van der Waals surface area contributed by atoms with E-state index in [0.29, 0.717) is 30.1 Å². The second-order valence-corrected chi connectivity index (χ2v) is 6.01. The number of alkyl halides is 3. The van der Waals surface area contributed by atoms with Gasteiger partial charge in [-0.05, 0) is 50.2 Å². The third kappa shape index (κ3) is 6.79. The van der Waals surface area contributed by atoms with Gasteiger partial charge >= 0.3 is 6.36 Å². The molecule has 0 saturated heterocycles. The van der Waals surface area contributed by atoms with Gasteiger partial charge < -0.3 is 10.1 Å². The lowest BCUT2D eigenvalue weighted by molar-refractivity contribution is -0.274. The van der Waals surface area contributed by atoms with Crippen LogP contribution >= 0.6 is 0 Å². The lowest BCUT2D eigenvalue weighted by atomic mass is 10.0. The van der Waals surface area contributed by atoms with Crippen molar-refractivity contribution < 1.29 is 22.7 Å². The van der Waals surface area contributed by atoms with Crippen LogP contribution in [0.1, 0.15) is 36.7 Å². The molecule has 0 saturated carbocycles. The van der Waals surface area contributed by atoms with Crippen molar-refractivity contribution in [2.24, 2.45) is 4.99 Å². The molecule has 0 aliphatic carbocycles. The van der Waals surface area contributed by atoms with Crippen molar-refractivity contribution >= 4 is 23.0 Å². The summed E-state index contributed by atoms with van der Waals surface area (Å²) < 4.78 is 40.6. The minimum atomic E-state index is -4.73. The summed E-state index contributed by atoms with van der Waals surface area (Å²) in [5.41, 5.74) is 8.46. The first-order valence-electron chi connectivity index (χ1n) is 9.06. The quantitative estimate of drug-likeness (QED) is 0.447. The van der Waals surface area contributed by atoms with E-state index in [9.17, 15) is 18.0 Å². The number of nitrogens with one attached hydrogen (secondary N) is 3. The summed E-state index contributed by atoms with van der Waals surface area (Å²) in [5.74, 6) is -0.564. The maximum atomic E-state index is 12.3. The Balaban J connectivity index is 2.26. The molecule has 3 N–H and O–H groups in total. The highest BCUT2D eigenvalue weighted by Gasteiger charge is 2.30. The third-order valence-corrected chi connectivity index (χ3v) is 3.78. The molecule has 6 nitrogen and oxygen atoms in total. The third-order valence-electron chi connectivity index (χ3n) is 3.78. The van der Waals surface area contributed by atoms with Crippen LogP contribution in [-0.2, 0) is 0 Å². The van der Waals surface area contributed by atoms with Gasteiger partial charge in [-0.1, -0.05) is 13.0 Å². The average molecular weight is 408 g/mol. The Labute approximate surface area is 167 Å². The molecule has 156 valence electrons. The zero-order chi connectivity index (χ0) is 21.4. The summed E-state index contributed by atoms with van der Waals surface area (Å²) in [5, 5.41) is 3.20. The van der Waals surface area contributed by atoms with Crippen LogP contribution in [0.25, 0.3) is 0 Å². The van der Waals surface area contributed by atoms with Gasteiger partial charge in [-0.25, -0.2) is 5.43 Å². The minimum Gasteiger partial charge on any atom is -0.406 e. The van der Waals surface area contributed by atoms with Gasteiger partial charge in [0.1, 0.15) is 5.75 Å². The Bertz CT molecular complexity index is 865. The predicted molar refractivity (Wildman–Crippen MR) is 107 cm³/mol. The molecule has 0 aliphatic heterocycles. The van der Waals surface area contributed by atoms with Crippen LogP contribution in [0.5, 0.6) is 5.75 Å². The molecule has 0 aliphatic rings. The first kappa shape index (κ1) is 22.2. The van der Waals surface area contributed by atoms with Gasteiger partial charge in [0.05, 0.1) is 5.69 Å². The highest BCUT2D eigenvalue weighted by Crippen LogP contribution is 2.26. The second-order valence-electron chi connectivity index (χ2n) is 6.01. The Morgan fingerprint density at radius 3 is 2.34 bits per heavy atom. The lowest BCUT2D eigenvalue weighted by Gasteiger charge is -2.13. The number of amides is 1. The topological polar surface area (TPSA) is 74.8 Å². The van der Waals surface area contributed by atoms with Crippen LogP contribution in [0, 0.1) is 0 Å². The summed E-state index contributed by atoms with van der Waals surface area (Å²) in [6, 6.07) is 10.5. The fraction of sp³-hybridized carbons (Fsp3) is 0.300. The van der Waals surface area contributed by atoms with Crippen LogP contribution in [0.4, 0.5) is 24.5 Å². The summed E-state index contributed by atoms with van der Waals surface area (Å²) in [6.07, 6.45) is -4.73. The number of benzene rings is 2. The molecule has 0 bridgehead atoms. The van der Waals surface area contributed by atoms with Gasteiger partial charge in [0.2, 0.25) is 0 Å². The summed E-state index contributed by atoms with van der Waals surface area (Å²) in [4.78, 5) is 16.6. The number of carbonyl (C=O) groups is 1. The first-order valence-corrected chi connectivity index (χ1v) is 9.06. The van der Waals surface area contributed by atoms with Crippen LogP contribution in [-0.4, -0.2) is 31.1 Å². The number of anilines is 1. The van der Waals surface area contributed by atoms with Crippen LogP contribution in [0.15, 0.2) is 47.5 Å². The van der Waals surface area contributed by atoms with Gasteiger partial charge in [0, 0.05) is 35.6 Å². The van der Waals surface area contributed by atoms with E-state index in [1.165, 1.54) is 24.3 Å². The van der Waals surface area contributed by atoms with E-state index in [1.54, 1.807) is 25.1 Å². The average Bonchev–Trinajstić information content (AvgIpc) is 2.66. The molecule has 2 rings (SSSR count). The zero-order valence-corrected chi connectivity index (χ0v) is 16.4.